The van der Waals surface area contributed by atoms with Crippen LogP contribution in [0.15, 0.2) is 60.8 Å². The summed E-state index contributed by atoms with van der Waals surface area (Å²) in [6.07, 6.45) is 5.25. The predicted octanol–water partition coefficient (Wildman–Crippen LogP) is 3.77. The molecule has 6 heteroatoms. The van der Waals surface area contributed by atoms with E-state index in [2.05, 4.69) is 45.0 Å². The fourth-order valence-electron chi connectivity index (χ4n) is 4.98. The number of methoxy groups -OCH3 is 1. The van der Waals surface area contributed by atoms with Crippen LogP contribution in [0, 0.1) is 5.92 Å². The number of hydrogen-bond acceptors (Lipinski definition) is 6. The minimum Gasteiger partial charge on any atom is -0.497 e. The number of benzene rings is 2. The molecule has 2 aromatic carbocycles. The normalized spacial score (nSPS) is 23.6. The first kappa shape index (κ1) is 21.2. The van der Waals surface area contributed by atoms with Crippen molar-refractivity contribution in [3.63, 3.8) is 0 Å². The van der Waals surface area contributed by atoms with Crippen molar-refractivity contribution in [2.45, 2.75) is 37.9 Å². The molecular formula is C26H32N4O2. The van der Waals surface area contributed by atoms with Gasteiger partial charge in [-0.1, -0.05) is 18.2 Å². The molecule has 5 rings (SSSR count). The Morgan fingerprint density at radius 2 is 2.00 bits per heavy atom. The van der Waals surface area contributed by atoms with Gasteiger partial charge in [0.05, 0.1) is 19.2 Å². The molecule has 0 bridgehead atoms. The van der Waals surface area contributed by atoms with Crippen molar-refractivity contribution in [1.29, 1.82) is 0 Å². The molecule has 2 aliphatic heterocycles. The minimum atomic E-state index is 0.452. The van der Waals surface area contributed by atoms with Crippen LogP contribution in [0.4, 0.5) is 0 Å². The summed E-state index contributed by atoms with van der Waals surface area (Å²) in [6, 6.07) is 19.6. The topological polar surface area (TPSA) is 58.7 Å². The number of rotatable bonds is 8. The molecule has 2 saturated heterocycles. The standard InChI is InChI=1S/C26H32N4O2/c1-31-23-5-2-6-24(16-23)32-13-10-22-15-26(29-28-22)21-9-12-30(18-21)17-19-7-8-25-20(14-19)4-3-11-27-25/h2-8,11,14,16,21-22,26,28-29H,9-10,12-13,15,17-18H2,1H3. The molecule has 32 heavy (non-hydrogen) atoms. The number of nitrogens with one attached hydrogen (secondary N) is 2. The maximum atomic E-state index is 5.92. The van der Waals surface area contributed by atoms with Crippen LogP contribution in [0.25, 0.3) is 10.9 Å². The molecule has 0 spiro atoms. The van der Waals surface area contributed by atoms with Crippen LogP contribution in [0.5, 0.6) is 11.5 Å². The molecule has 3 aromatic rings. The van der Waals surface area contributed by atoms with Gasteiger partial charge in [-0.3, -0.25) is 20.7 Å². The van der Waals surface area contributed by atoms with Crippen LogP contribution in [-0.4, -0.2) is 48.8 Å². The number of hydrazine groups is 1. The summed E-state index contributed by atoms with van der Waals surface area (Å²) in [5, 5.41) is 1.22. The Labute approximate surface area is 189 Å². The van der Waals surface area contributed by atoms with Crippen molar-refractivity contribution in [2.75, 3.05) is 26.8 Å². The summed E-state index contributed by atoms with van der Waals surface area (Å²) in [5.41, 5.74) is 9.50. The Hall–Kier alpha value is -2.67. The van der Waals surface area contributed by atoms with Gasteiger partial charge in [0.25, 0.3) is 0 Å². The van der Waals surface area contributed by atoms with Gasteiger partial charge in [-0.15, -0.1) is 0 Å². The molecule has 3 atom stereocenters. The Balaban J connectivity index is 1.07. The van der Waals surface area contributed by atoms with E-state index in [9.17, 15) is 0 Å². The van der Waals surface area contributed by atoms with E-state index in [1.807, 2.05) is 36.5 Å². The highest BCUT2D eigenvalue weighted by atomic mass is 16.5. The van der Waals surface area contributed by atoms with Gasteiger partial charge >= 0.3 is 0 Å². The number of likely N-dealkylation sites (tertiary alicyclic amines) is 1. The first-order valence-electron chi connectivity index (χ1n) is 11.6. The number of nitrogens with zero attached hydrogens (tertiary/aromatic N) is 2. The zero-order valence-electron chi connectivity index (χ0n) is 18.7. The zero-order chi connectivity index (χ0) is 21.8. The third kappa shape index (κ3) is 5.04. The van der Waals surface area contributed by atoms with Gasteiger partial charge in [0.15, 0.2) is 0 Å². The Morgan fingerprint density at radius 1 is 1.06 bits per heavy atom. The predicted molar refractivity (Wildman–Crippen MR) is 127 cm³/mol. The smallest absolute Gasteiger partial charge is 0.122 e. The van der Waals surface area contributed by atoms with Crippen molar-refractivity contribution >= 4 is 10.9 Å². The van der Waals surface area contributed by atoms with E-state index in [4.69, 9.17) is 9.47 Å². The summed E-state index contributed by atoms with van der Waals surface area (Å²) in [4.78, 5) is 7.01. The maximum Gasteiger partial charge on any atom is 0.122 e. The number of fused-ring (bicyclic) bond motifs is 1. The largest absolute Gasteiger partial charge is 0.497 e. The van der Waals surface area contributed by atoms with E-state index < -0.39 is 0 Å². The van der Waals surface area contributed by atoms with Gasteiger partial charge < -0.3 is 9.47 Å². The van der Waals surface area contributed by atoms with Gasteiger partial charge in [0.2, 0.25) is 0 Å². The second kappa shape index (κ2) is 9.86. The van der Waals surface area contributed by atoms with E-state index in [0.717, 1.165) is 49.5 Å². The van der Waals surface area contributed by atoms with Crippen molar-refractivity contribution in [1.82, 2.24) is 20.7 Å². The van der Waals surface area contributed by atoms with Gasteiger partial charge in [-0.05, 0) is 67.6 Å². The number of pyridine rings is 1. The molecule has 2 fully saturated rings. The molecule has 0 radical (unpaired) electrons. The van der Waals surface area contributed by atoms with E-state index in [-0.39, 0.29) is 0 Å². The molecule has 6 nitrogen and oxygen atoms in total. The molecule has 2 aliphatic rings. The third-order valence-corrected chi connectivity index (χ3v) is 6.74. The molecular weight excluding hydrogens is 400 g/mol. The first-order chi connectivity index (χ1) is 15.8. The number of hydrogen-bond donors (Lipinski definition) is 2. The van der Waals surface area contributed by atoms with E-state index in [1.165, 1.54) is 17.4 Å². The first-order valence-corrected chi connectivity index (χ1v) is 11.6. The van der Waals surface area contributed by atoms with Crippen LogP contribution in [-0.2, 0) is 6.54 Å². The average Bonchev–Trinajstić information content (AvgIpc) is 3.49. The summed E-state index contributed by atoms with van der Waals surface area (Å²) in [6.45, 7) is 4.03. The second-order valence-corrected chi connectivity index (χ2v) is 8.96. The fourth-order valence-corrected chi connectivity index (χ4v) is 4.98. The Morgan fingerprint density at radius 3 is 2.94 bits per heavy atom. The quantitative estimate of drug-likeness (QED) is 0.565. The fraction of sp³-hybridized carbons (Fsp3) is 0.423. The summed E-state index contributed by atoms with van der Waals surface area (Å²) >= 11 is 0. The lowest BCUT2D eigenvalue weighted by molar-refractivity contribution is 0.287. The molecule has 3 heterocycles. The molecule has 3 unspecified atom stereocenters. The monoisotopic (exact) mass is 432 g/mol. The van der Waals surface area contributed by atoms with Crippen LogP contribution in [0.2, 0.25) is 0 Å². The van der Waals surface area contributed by atoms with Crippen molar-refractivity contribution < 1.29 is 9.47 Å². The summed E-state index contributed by atoms with van der Waals surface area (Å²) in [7, 11) is 1.68. The second-order valence-electron chi connectivity index (χ2n) is 8.96. The molecule has 168 valence electrons. The lowest BCUT2D eigenvalue weighted by Gasteiger charge is -2.20. The van der Waals surface area contributed by atoms with Gasteiger partial charge in [-0.2, -0.15) is 0 Å². The molecule has 0 amide bonds. The van der Waals surface area contributed by atoms with E-state index in [0.29, 0.717) is 24.6 Å². The Bertz CT molecular complexity index is 1040. The highest BCUT2D eigenvalue weighted by Gasteiger charge is 2.34. The Kier molecular flexibility index (Phi) is 6.53. The number of ether oxygens (including phenoxy) is 2. The zero-order valence-corrected chi connectivity index (χ0v) is 18.7. The number of aromatic nitrogens is 1. The van der Waals surface area contributed by atoms with Crippen LogP contribution in [0.3, 0.4) is 0 Å². The highest BCUT2D eigenvalue weighted by Crippen LogP contribution is 2.27. The van der Waals surface area contributed by atoms with Crippen molar-refractivity contribution in [3.8, 4) is 11.5 Å². The van der Waals surface area contributed by atoms with Crippen molar-refractivity contribution in [2.24, 2.45) is 5.92 Å². The minimum absolute atomic E-state index is 0.452. The lowest BCUT2D eigenvalue weighted by Crippen LogP contribution is -2.38. The van der Waals surface area contributed by atoms with Gasteiger partial charge in [-0.25, -0.2) is 0 Å². The van der Waals surface area contributed by atoms with Crippen molar-refractivity contribution in [3.05, 3.63) is 66.4 Å². The van der Waals surface area contributed by atoms with Gasteiger partial charge in [0.1, 0.15) is 11.5 Å². The summed E-state index contributed by atoms with van der Waals surface area (Å²) < 4.78 is 11.2. The van der Waals surface area contributed by atoms with E-state index >= 15 is 0 Å². The molecule has 0 aliphatic carbocycles. The SMILES string of the molecule is COc1cccc(OCCC2CC(C3CCN(Cc4ccc5ncccc5c4)C3)NN2)c1. The summed E-state index contributed by atoms with van der Waals surface area (Å²) in [5.74, 6) is 2.38. The van der Waals surface area contributed by atoms with Crippen LogP contribution in [0.1, 0.15) is 24.8 Å². The molecule has 1 aromatic heterocycles. The molecule has 2 N–H and O–H groups in total. The highest BCUT2D eigenvalue weighted by molar-refractivity contribution is 5.78. The third-order valence-electron chi connectivity index (χ3n) is 6.74. The lowest BCUT2D eigenvalue weighted by atomic mass is 9.94. The maximum absolute atomic E-state index is 5.92. The van der Waals surface area contributed by atoms with E-state index in [1.54, 1.807) is 7.11 Å². The van der Waals surface area contributed by atoms with Gasteiger partial charge in [0, 0.05) is 42.8 Å². The van der Waals surface area contributed by atoms with Crippen LogP contribution < -0.4 is 20.3 Å². The molecule has 0 saturated carbocycles. The van der Waals surface area contributed by atoms with Crippen LogP contribution >= 0.6 is 0 Å². The average molecular weight is 433 g/mol.